The van der Waals surface area contributed by atoms with E-state index < -0.39 is 9.84 Å². The number of unbranched alkanes of at least 4 members (excludes halogenated alkanes) is 3. The third kappa shape index (κ3) is 6.16. The van der Waals surface area contributed by atoms with Crippen molar-refractivity contribution >= 4 is 9.84 Å². The number of sulfone groups is 1. The van der Waals surface area contributed by atoms with E-state index in [1.54, 1.807) is 0 Å². The van der Waals surface area contributed by atoms with E-state index in [1.807, 2.05) is 0 Å². The van der Waals surface area contributed by atoms with Crippen LogP contribution in [0.25, 0.3) is 0 Å². The molecule has 1 fully saturated rings. The lowest BCUT2D eigenvalue weighted by atomic mass is 9.95. The second-order valence-corrected chi connectivity index (χ2v) is 7.73. The minimum atomic E-state index is -2.87. The molecule has 0 aliphatic heterocycles. The minimum absolute atomic E-state index is 0.141. The number of rotatable bonds is 8. The fourth-order valence-electron chi connectivity index (χ4n) is 2.62. The van der Waals surface area contributed by atoms with E-state index in [0.717, 1.165) is 57.9 Å². The summed E-state index contributed by atoms with van der Waals surface area (Å²) in [6.07, 6.45) is 9.28. The van der Waals surface area contributed by atoms with Gasteiger partial charge in [0.25, 0.3) is 0 Å². The highest BCUT2D eigenvalue weighted by atomic mass is 32.2. The molecule has 0 spiro atoms. The summed E-state index contributed by atoms with van der Waals surface area (Å²) in [5.41, 5.74) is 0. The van der Waals surface area contributed by atoms with E-state index in [4.69, 9.17) is 5.11 Å². The van der Waals surface area contributed by atoms with Gasteiger partial charge in [-0.05, 0) is 38.6 Å². The average molecular weight is 277 g/mol. The summed E-state index contributed by atoms with van der Waals surface area (Å²) in [5, 5.41) is 12.0. The molecule has 2 N–H and O–H groups in total. The topological polar surface area (TPSA) is 66.4 Å². The molecule has 0 amide bonds. The van der Waals surface area contributed by atoms with E-state index >= 15 is 0 Å². The fraction of sp³-hybridized carbons (Fsp3) is 1.00. The molecule has 2 atom stereocenters. The van der Waals surface area contributed by atoms with Gasteiger partial charge in [0.05, 0.1) is 5.25 Å². The largest absolute Gasteiger partial charge is 0.396 e. The first-order valence-corrected chi connectivity index (χ1v) is 9.02. The molecule has 1 aliphatic rings. The molecule has 5 heteroatoms. The van der Waals surface area contributed by atoms with Crippen LogP contribution in [0.1, 0.15) is 51.4 Å². The van der Waals surface area contributed by atoms with Crippen molar-refractivity contribution in [2.45, 2.75) is 62.7 Å². The van der Waals surface area contributed by atoms with Gasteiger partial charge >= 0.3 is 0 Å². The van der Waals surface area contributed by atoms with E-state index in [2.05, 4.69) is 5.32 Å². The zero-order chi connectivity index (χ0) is 13.4. The number of aliphatic hydroxyl groups excluding tert-OH is 1. The lowest BCUT2D eigenvalue weighted by Crippen LogP contribution is -2.39. The first-order valence-electron chi connectivity index (χ1n) is 7.07. The highest BCUT2D eigenvalue weighted by Gasteiger charge is 2.28. The number of hydrogen-bond acceptors (Lipinski definition) is 4. The van der Waals surface area contributed by atoms with Crippen LogP contribution < -0.4 is 5.32 Å². The smallest absolute Gasteiger partial charge is 0.150 e. The van der Waals surface area contributed by atoms with Gasteiger partial charge < -0.3 is 10.4 Å². The van der Waals surface area contributed by atoms with E-state index in [1.165, 1.54) is 6.26 Å². The van der Waals surface area contributed by atoms with Crippen LogP contribution in [-0.4, -0.2) is 44.2 Å². The molecular formula is C13H27NO3S. The Morgan fingerprint density at radius 1 is 1.17 bits per heavy atom. The van der Waals surface area contributed by atoms with Crippen LogP contribution in [0.4, 0.5) is 0 Å². The predicted octanol–water partition coefficient (Wildman–Crippen LogP) is 1.48. The van der Waals surface area contributed by atoms with Gasteiger partial charge in [-0.2, -0.15) is 0 Å². The number of hydrogen-bond donors (Lipinski definition) is 2. The SMILES string of the molecule is CS(=O)(=O)C1CCCC(NCCCCCCO)C1. The van der Waals surface area contributed by atoms with E-state index in [0.29, 0.717) is 6.04 Å². The average Bonchev–Trinajstić information content (AvgIpc) is 2.33. The molecule has 1 aliphatic carbocycles. The van der Waals surface area contributed by atoms with Gasteiger partial charge in [-0.25, -0.2) is 8.42 Å². The van der Waals surface area contributed by atoms with E-state index in [9.17, 15) is 8.42 Å². The van der Waals surface area contributed by atoms with Crippen LogP contribution in [0.2, 0.25) is 0 Å². The minimum Gasteiger partial charge on any atom is -0.396 e. The summed E-state index contributed by atoms with van der Waals surface area (Å²) in [6, 6.07) is 0.372. The third-order valence-corrected chi connectivity index (χ3v) is 5.39. The van der Waals surface area contributed by atoms with Crippen molar-refractivity contribution in [3.63, 3.8) is 0 Å². The Hall–Kier alpha value is -0.130. The van der Waals surface area contributed by atoms with Crippen LogP contribution in [0.3, 0.4) is 0 Å². The lowest BCUT2D eigenvalue weighted by Gasteiger charge is -2.28. The highest BCUT2D eigenvalue weighted by Crippen LogP contribution is 2.23. The zero-order valence-corrected chi connectivity index (χ0v) is 12.2. The van der Waals surface area contributed by atoms with Crippen LogP contribution in [0, 0.1) is 0 Å². The molecule has 0 bridgehead atoms. The first kappa shape index (κ1) is 15.9. The molecule has 1 rings (SSSR count). The molecule has 0 aromatic carbocycles. The highest BCUT2D eigenvalue weighted by molar-refractivity contribution is 7.91. The molecule has 0 saturated heterocycles. The molecule has 0 aromatic rings. The maximum atomic E-state index is 11.5. The summed E-state index contributed by atoms with van der Waals surface area (Å²) in [7, 11) is -2.87. The van der Waals surface area contributed by atoms with Gasteiger partial charge in [-0.3, -0.25) is 0 Å². The quantitative estimate of drug-likeness (QED) is 0.660. The number of aliphatic hydroxyl groups is 1. The Morgan fingerprint density at radius 2 is 1.89 bits per heavy atom. The summed E-state index contributed by atoms with van der Waals surface area (Å²) in [5.74, 6) is 0. The zero-order valence-electron chi connectivity index (χ0n) is 11.4. The van der Waals surface area contributed by atoms with Crippen molar-refractivity contribution in [3.05, 3.63) is 0 Å². The summed E-state index contributed by atoms with van der Waals surface area (Å²) in [4.78, 5) is 0. The predicted molar refractivity (Wildman–Crippen MR) is 74.4 cm³/mol. The molecule has 2 unspecified atom stereocenters. The van der Waals surface area contributed by atoms with Crippen LogP contribution >= 0.6 is 0 Å². The summed E-state index contributed by atoms with van der Waals surface area (Å²) < 4.78 is 23.1. The standard InChI is InChI=1S/C13H27NO3S/c1-18(16,17)13-8-6-7-12(11-13)14-9-4-2-3-5-10-15/h12-15H,2-11H2,1H3. The van der Waals surface area contributed by atoms with Gasteiger partial charge in [0.2, 0.25) is 0 Å². The van der Waals surface area contributed by atoms with Crippen LogP contribution in [-0.2, 0) is 9.84 Å². The molecule has 4 nitrogen and oxygen atoms in total. The molecular weight excluding hydrogens is 250 g/mol. The van der Waals surface area contributed by atoms with Crippen molar-refractivity contribution in [2.75, 3.05) is 19.4 Å². The Kier molecular flexibility index (Phi) is 7.19. The number of nitrogens with one attached hydrogen (secondary N) is 1. The maximum Gasteiger partial charge on any atom is 0.150 e. The second-order valence-electron chi connectivity index (χ2n) is 5.41. The summed E-state index contributed by atoms with van der Waals surface area (Å²) in [6.45, 7) is 1.25. The Labute approximate surface area is 111 Å². The molecule has 18 heavy (non-hydrogen) atoms. The van der Waals surface area contributed by atoms with Gasteiger partial charge in [0.15, 0.2) is 0 Å². The molecule has 0 radical (unpaired) electrons. The normalized spacial score (nSPS) is 25.2. The van der Waals surface area contributed by atoms with Gasteiger partial charge in [-0.15, -0.1) is 0 Å². The monoisotopic (exact) mass is 277 g/mol. The molecule has 0 heterocycles. The Morgan fingerprint density at radius 3 is 2.56 bits per heavy atom. The maximum absolute atomic E-state index is 11.5. The van der Waals surface area contributed by atoms with Crippen molar-refractivity contribution in [1.82, 2.24) is 5.32 Å². The van der Waals surface area contributed by atoms with Crippen LogP contribution in [0.15, 0.2) is 0 Å². The van der Waals surface area contributed by atoms with Crippen molar-refractivity contribution < 1.29 is 13.5 Å². The van der Waals surface area contributed by atoms with E-state index in [-0.39, 0.29) is 11.9 Å². The molecule has 0 aromatic heterocycles. The van der Waals surface area contributed by atoms with Gasteiger partial charge in [0, 0.05) is 18.9 Å². The first-order chi connectivity index (χ1) is 8.54. The molecule has 108 valence electrons. The fourth-order valence-corrected chi connectivity index (χ4v) is 3.79. The van der Waals surface area contributed by atoms with Crippen molar-refractivity contribution in [1.29, 1.82) is 0 Å². The Bertz CT molecular complexity index is 316. The summed E-state index contributed by atoms with van der Waals surface area (Å²) >= 11 is 0. The Balaban J connectivity index is 2.15. The van der Waals surface area contributed by atoms with Crippen LogP contribution in [0.5, 0.6) is 0 Å². The van der Waals surface area contributed by atoms with Crippen molar-refractivity contribution in [3.8, 4) is 0 Å². The van der Waals surface area contributed by atoms with Crippen molar-refractivity contribution in [2.24, 2.45) is 0 Å². The van der Waals surface area contributed by atoms with Gasteiger partial charge in [0.1, 0.15) is 9.84 Å². The van der Waals surface area contributed by atoms with Gasteiger partial charge in [-0.1, -0.05) is 19.3 Å². The lowest BCUT2D eigenvalue weighted by molar-refractivity contribution is 0.282. The second kappa shape index (κ2) is 8.12. The molecule has 1 saturated carbocycles. The third-order valence-electron chi connectivity index (χ3n) is 3.75.